The summed E-state index contributed by atoms with van der Waals surface area (Å²) in [7, 11) is 0. The van der Waals surface area contributed by atoms with Gasteiger partial charge in [-0.1, -0.05) is 45.0 Å². The third-order valence-corrected chi connectivity index (χ3v) is 3.53. The zero-order valence-corrected chi connectivity index (χ0v) is 13.4. The molecule has 3 nitrogen and oxygen atoms in total. The van der Waals surface area contributed by atoms with Gasteiger partial charge in [-0.15, -0.1) is 0 Å². The number of hydrogen-bond acceptors (Lipinski definition) is 2. The van der Waals surface area contributed by atoms with E-state index < -0.39 is 0 Å². The lowest BCUT2D eigenvalue weighted by molar-refractivity contribution is -0.126. The van der Waals surface area contributed by atoms with Crippen LogP contribution in [0.15, 0.2) is 24.3 Å². The molecule has 0 heterocycles. The molecule has 2 atom stereocenters. The van der Waals surface area contributed by atoms with Crippen LogP contribution in [0.1, 0.15) is 51.3 Å². The lowest BCUT2D eigenvalue weighted by Gasteiger charge is -2.26. The Morgan fingerprint density at radius 3 is 2.40 bits per heavy atom. The maximum atomic E-state index is 12.4. The first-order chi connectivity index (χ1) is 9.24. The van der Waals surface area contributed by atoms with Gasteiger partial charge in [0.25, 0.3) is 0 Å². The van der Waals surface area contributed by atoms with Gasteiger partial charge in [0.2, 0.25) is 5.91 Å². The number of hydrogen-bond donors (Lipinski definition) is 2. The highest BCUT2D eigenvalue weighted by Gasteiger charge is 2.25. The fourth-order valence-corrected chi connectivity index (χ4v) is 2.50. The summed E-state index contributed by atoms with van der Waals surface area (Å²) in [5, 5.41) is 3.09. The first-order valence-electron chi connectivity index (χ1n) is 7.30. The molecule has 0 fully saturated rings. The molecule has 1 amide bonds. The molecule has 3 heteroatoms. The van der Waals surface area contributed by atoms with E-state index in [1.54, 1.807) is 0 Å². The van der Waals surface area contributed by atoms with Gasteiger partial charge in [0.15, 0.2) is 0 Å². The monoisotopic (exact) mass is 276 g/mol. The van der Waals surface area contributed by atoms with Crippen molar-refractivity contribution in [3.8, 4) is 0 Å². The molecule has 0 aliphatic rings. The molecular formula is C17H28N2O. The Morgan fingerprint density at radius 2 is 1.90 bits per heavy atom. The van der Waals surface area contributed by atoms with Crippen molar-refractivity contribution in [1.29, 1.82) is 0 Å². The van der Waals surface area contributed by atoms with Crippen LogP contribution in [-0.2, 0) is 4.79 Å². The van der Waals surface area contributed by atoms with E-state index in [0.717, 1.165) is 12.0 Å². The second-order valence-corrected chi connectivity index (χ2v) is 6.78. The molecule has 0 aliphatic carbocycles. The molecule has 20 heavy (non-hydrogen) atoms. The van der Waals surface area contributed by atoms with Crippen LogP contribution in [0.5, 0.6) is 0 Å². The van der Waals surface area contributed by atoms with E-state index in [1.807, 2.05) is 19.1 Å². The third-order valence-electron chi connectivity index (χ3n) is 3.53. The Balaban J connectivity index is 2.71. The summed E-state index contributed by atoms with van der Waals surface area (Å²) >= 11 is 0. The van der Waals surface area contributed by atoms with Crippen LogP contribution in [0.25, 0.3) is 0 Å². The van der Waals surface area contributed by atoms with Crippen LogP contribution in [0.3, 0.4) is 0 Å². The van der Waals surface area contributed by atoms with E-state index in [4.69, 9.17) is 5.73 Å². The normalized spacial score (nSPS) is 14.7. The number of carbonyl (C=O) groups is 1. The maximum Gasteiger partial charge on any atom is 0.224 e. The predicted octanol–water partition coefficient (Wildman–Crippen LogP) is 3.18. The minimum absolute atomic E-state index is 0.0118. The summed E-state index contributed by atoms with van der Waals surface area (Å²) in [5.74, 6) is -0.0698. The Bertz CT molecular complexity index is 449. The minimum Gasteiger partial charge on any atom is -0.349 e. The standard InChI is InChI=1S/C17H28N2O/c1-12-8-6-7-9-15(12)13(2)19-16(20)14(11-18)10-17(3,4)5/h6-9,13-14H,10-11,18H2,1-5H3,(H,19,20)/t13-,14?/m0/s1. The average molecular weight is 276 g/mol. The number of nitrogens with two attached hydrogens (primary N) is 1. The maximum absolute atomic E-state index is 12.4. The molecule has 1 aromatic carbocycles. The van der Waals surface area contributed by atoms with Crippen LogP contribution in [0.4, 0.5) is 0 Å². The van der Waals surface area contributed by atoms with Crippen molar-refractivity contribution in [1.82, 2.24) is 5.32 Å². The summed E-state index contributed by atoms with van der Waals surface area (Å²) < 4.78 is 0. The SMILES string of the molecule is Cc1ccccc1[C@H](C)NC(=O)C(CN)CC(C)(C)C. The van der Waals surface area contributed by atoms with Gasteiger partial charge in [-0.25, -0.2) is 0 Å². The van der Waals surface area contributed by atoms with Crippen LogP contribution >= 0.6 is 0 Å². The number of carbonyl (C=O) groups excluding carboxylic acids is 1. The van der Waals surface area contributed by atoms with Gasteiger partial charge in [-0.05, 0) is 36.8 Å². The van der Waals surface area contributed by atoms with E-state index in [2.05, 4.69) is 45.1 Å². The first-order valence-corrected chi connectivity index (χ1v) is 7.30. The van der Waals surface area contributed by atoms with Gasteiger partial charge in [0, 0.05) is 6.54 Å². The Hall–Kier alpha value is -1.35. The number of amides is 1. The lowest BCUT2D eigenvalue weighted by atomic mass is 9.84. The van der Waals surface area contributed by atoms with E-state index in [0.29, 0.717) is 6.54 Å². The lowest BCUT2D eigenvalue weighted by Crippen LogP contribution is -2.38. The van der Waals surface area contributed by atoms with Gasteiger partial charge in [0.1, 0.15) is 0 Å². The average Bonchev–Trinajstić information content (AvgIpc) is 2.35. The molecule has 0 radical (unpaired) electrons. The van der Waals surface area contributed by atoms with Crippen molar-refractivity contribution in [3.63, 3.8) is 0 Å². The molecule has 0 bridgehead atoms. The van der Waals surface area contributed by atoms with Crippen LogP contribution in [-0.4, -0.2) is 12.5 Å². The highest BCUT2D eigenvalue weighted by atomic mass is 16.1. The number of benzene rings is 1. The molecule has 1 unspecified atom stereocenters. The molecule has 0 aromatic heterocycles. The molecule has 112 valence electrons. The number of aryl methyl sites for hydroxylation is 1. The smallest absolute Gasteiger partial charge is 0.224 e. The van der Waals surface area contributed by atoms with Crippen LogP contribution in [0.2, 0.25) is 0 Å². The van der Waals surface area contributed by atoms with Gasteiger partial charge < -0.3 is 11.1 Å². The predicted molar refractivity (Wildman–Crippen MR) is 84.4 cm³/mol. The van der Waals surface area contributed by atoms with Gasteiger partial charge in [0.05, 0.1) is 12.0 Å². The second-order valence-electron chi connectivity index (χ2n) is 6.78. The molecule has 0 aliphatic heterocycles. The largest absolute Gasteiger partial charge is 0.349 e. The Labute approximate surface area is 122 Å². The zero-order valence-electron chi connectivity index (χ0n) is 13.4. The molecule has 3 N–H and O–H groups in total. The first kappa shape index (κ1) is 16.7. The van der Waals surface area contributed by atoms with Gasteiger partial charge in [-0.3, -0.25) is 4.79 Å². The summed E-state index contributed by atoms with van der Waals surface area (Å²) in [5.41, 5.74) is 8.22. The fraction of sp³-hybridized carbons (Fsp3) is 0.588. The summed E-state index contributed by atoms with van der Waals surface area (Å²) in [6.07, 6.45) is 0.801. The van der Waals surface area contributed by atoms with Gasteiger partial charge in [-0.2, -0.15) is 0 Å². The highest BCUT2D eigenvalue weighted by molar-refractivity contribution is 5.79. The van der Waals surface area contributed by atoms with Crippen molar-refractivity contribution in [2.24, 2.45) is 17.1 Å². The van der Waals surface area contributed by atoms with E-state index in [-0.39, 0.29) is 23.3 Å². The number of nitrogens with one attached hydrogen (secondary N) is 1. The summed E-state index contributed by atoms with van der Waals surface area (Å²) in [4.78, 5) is 12.4. The molecular weight excluding hydrogens is 248 g/mol. The topological polar surface area (TPSA) is 55.1 Å². The highest BCUT2D eigenvalue weighted by Crippen LogP contribution is 2.25. The summed E-state index contributed by atoms with van der Waals surface area (Å²) in [6, 6.07) is 8.14. The van der Waals surface area contributed by atoms with Crippen molar-refractivity contribution in [2.75, 3.05) is 6.54 Å². The fourth-order valence-electron chi connectivity index (χ4n) is 2.50. The molecule has 0 spiro atoms. The molecule has 1 rings (SSSR count). The van der Waals surface area contributed by atoms with E-state index in [1.165, 1.54) is 5.56 Å². The van der Waals surface area contributed by atoms with Gasteiger partial charge >= 0.3 is 0 Å². The minimum atomic E-state index is -0.124. The van der Waals surface area contributed by atoms with E-state index in [9.17, 15) is 4.79 Å². The third kappa shape index (κ3) is 4.97. The van der Waals surface area contributed by atoms with Crippen molar-refractivity contribution >= 4 is 5.91 Å². The summed E-state index contributed by atoms with van der Waals surface area (Å²) in [6.45, 7) is 10.9. The van der Waals surface area contributed by atoms with Crippen LogP contribution in [0, 0.1) is 18.3 Å². The van der Waals surface area contributed by atoms with Crippen molar-refractivity contribution in [3.05, 3.63) is 35.4 Å². The van der Waals surface area contributed by atoms with Crippen molar-refractivity contribution < 1.29 is 4.79 Å². The molecule has 1 aromatic rings. The van der Waals surface area contributed by atoms with Crippen LogP contribution < -0.4 is 11.1 Å². The van der Waals surface area contributed by atoms with E-state index >= 15 is 0 Å². The Kier molecular flexibility index (Phi) is 5.75. The Morgan fingerprint density at radius 1 is 1.30 bits per heavy atom. The zero-order chi connectivity index (χ0) is 15.3. The second kappa shape index (κ2) is 6.89. The van der Waals surface area contributed by atoms with Crippen molar-refractivity contribution in [2.45, 2.75) is 47.1 Å². The quantitative estimate of drug-likeness (QED) is 0.868. The molecule has 0 saturated heterocycles. The molecule has 0 saturated carbocycles. The number of rotatable bonds is 5.